The van der Waals surface area contributed by atoms with E-state index >= 15 is 0 Å². The summed E-state index contributed by atoms with van der Waals surface area (Å²) in [4.78, 5) is 25.5. The van der Waals surface area contributed by atoms with Crippen molar-refractivity contribution in [1.82, 2.24) is 4.90 Å². The van der Waals surface area contributed by atoms with E-state index in [1.54, 1.807) is 36.4 Å². The summed E-state index contributed by atoms with van der Waals surface area (Å²) in [5.41, 5.74) is 7.19. The number of imide groups is 1. The van der Waals surface area contributed by atoms with Gasteiger partial charge < -0.3 is 10.5 Å². The van der Waals surface area contributed by atoms with Crippen molar-refractivity contribution in [3.05, 3.63) is 59.7 Å². The quantitative estimate of drug-likeness (QED) is 0.687. The van der Waals surface area contributed by atoms with E-state index in [1.165, 1.54) is 4.90 Å². The van der Waals surface area contributed by atoms with Crippen LogP contribution < -0.4 is 10.5 Å². The van der Waals surface area contributed by atoms with Gasteiger partial charge in [-0.2, -0.15) is 0 Å². The van der Waals surface area contributed by atoms with Gasteiger partial charge in [-0.05, 0) is 24.3 Å². The molecule has 2 amide bonds. The molecule has 3 rings (SSSR count). The maximum Gasteiger partial charge on any atom is 0.261 e. The minimum absolute atomic E-state index is 0.195. The molecule has 106 valence electrons. The molecule has 0 saturated carbocycles. The van der Waals surface area contributed by atoms with Crippen LogP contribution in [0.5, 0.6) is 5.75 Å². The van der Waals surface area contributed by atoms with Gasteiger partial charge in [0.05, 0.1) is 23.4 Å². The number of para-hydroxylation sites is 2. The summed E-state index contributed by atoms with van der Waals surface area (Å²) < 4.78 is 5.52. The highest BCUT2D eigenvalue weighted by Gasteiger charge is 2.34. The zero-order valence-electron chi connectivity index (χ0n) is 11.3. The highest BCUT2D eigenvalue weighted by atomic mass is 16.5. The Morgan fingerprint density at radius 3 is 2.10 bits per heavy atom. The van der Waals surface area contributed by atoms with Crippen molar-refractivity contribution in [3.63, 3.8) is 0 Å². The molecule has 0 spiro atoms. The molecule has 2 aromatic carbocycles. The van der Waals surface area contributed by atoms with Gasteiger partial charge >= 0.3 is 0 Å². The molecule has 5 nitrogen and oxygen atoms in total. The molecule has 0 aromatic heterocycles. The number of rotatable bonds is 4. The van der Waals surface area contributed by atoms with E-state index in [0.29, 0.717) is 22.6 Å². The highest BCUT2D eigenvalue weighted by molar-refractivity contribution is 6.21. The number of anilines is 1. The van der Waals surface area contributed by atoms with Crippen LogP contribution >= 0.6 is 0 Å². The number of nitrogens with two attached hydrogens (primary N) is 1. The normalized spacial score (nSPS) is 13.4. The zero-order chi connectivity index (χ0) is 14.8. The van der Waals surface area contributed by atoms with Gasteiger partial charge in [0.2, 0.25) is 0 Å². The Hall–Kier alpha value is -2.82. The molecule has 0 radical (unpaired) electrons. The van der Waals surface area contributed by atoms with E-state index < -0.39 is 0 Å². The molecule has 5 heteroatoms. The lowest BCUT2D eigenvalue weighted by Crippen LogP contribution is -2.33. The van der Waals surface area contributed by atoms with Crippen LogP contribution in [0, 0.1) is 0 Å². The molecular weight excluding hydrogens is 268 g/mol. The van der Waals surface area contributed by atoms with Gasteiger partial charge in [0, 0.05) is 0 Å². The van der Waals surface area contributed by atoms with Crippen molar-refractivity contribution in [3.8, 4) is 5.75 Å². The molecule has 1 aliphatic rings. The molecule has 0 bridgehead atoms. The zero-order valence-corrected chi connectivity index (χ0v) is 11.3. The van der Waals surface area contributed by atoms with Crippen molar-refractivity contribution in [2.75, 3.05) is 18.9 Å². The van der Waals surface area contributed by atoms with Gasteiger partial charge in [-0.25, -0.2) is 0 Å². The molecule has 0 aliphatic carbocycles. The van der Waals surface area contributed by atoms with Gasteiger partial charge in [-0.1, -0.05) is 24.3 Å². The molecule has 1 heterocycles. The topological polar surface area (TPSA) is 72.6 Å². The van der Waals surface area contributed by atoms with Crippen LogP contribution in [0.25, 0.3) is 0 Å². The predicted octanol–water partition coefficient (Wildman–Crippen LogP) is 1.94. The van der Waals surface area contributed by atoms with Gasteiger partial charge in [0.25, 0.3) is 11.8 Å². The van der Waals surface area contributed by atoms with Crippen molar-refractivity contribution in [1.29, 1.82) is 0 Å². The van der Waals surface area contributed by atoms with E-state index in [2.05, 4.69) is 0 Å². The molecule has 0 atom stereocenters. The number of fused-ring (bicyclic) bond motifs is 1. The number of benzene rings is 2. The number of ether oxygens (including phenoxy) is 1. The van der Waals surface area contributed by atoms with Crippen LogP contribution in [0.2, 0.25) is 0 Å². The lowest BCUT2D eigenvalue weighted by Gasteiger charge is -2.15. The summed E-state index contributed by atoms with van der Waals surface area (Å²) in [6.45, 7) is 0.403. The van der Waals surface area contributed by atoms with Crippen LogP contribution in [0.15, 0.2) is 48.5 Å². The fourth-order valence-electron chi connectivity index (χ4n) is 2.30. The summed E-state index contributed by atoms with van der Waals surface area (Å²) in [5.74, 6) is -0.00502. The Balaban J connectivity index is 1.66. The smallest absolute Gasteiger partial charge is 0.261 e. The molecule has 2 aromatic rings. The van der Waals surface area contributed by atoms with Gasteiger partial charge in [-0.3, -0.25) is 14.5 Å². The van der Waals surface area contributed by atoms with E-state index in [1.807, 2.05) is 12.1 Å². The number of nitrogens with zero attached hydrogens (tertiary/aromatic N) is 1. The average Bonchev–Trinajstić information content (AvgIpc) is 2.74. The summed E-state index contributed by atoms with van der Waals surface area (Å²) in [6.07, 6.45) is 0. The molecule has 0 fully saturated rings. The summed E-state index contributed by atoms with van der Waals surface area (Å²) in [6, 6.07) is 13.9. The Bertz CT molecular complexity index is 677. The van der Waals surface area contributed by atoms with Crippen LogP contribution in [0.4, 0.5) is 5.69 Å². The third-order valence-corrected chi connectivity index (χ3v) is 3.37. The van der Waals surface area contributed by atoms with Gasteiger partial charge in [0.1, 0.15) is 12.4 Å². The maximum absolute atomic E-state index is 12.1. The number of carbonyl (C=O) groups excluding carboxylic acids is 2. The Morgan fingerprint density at radius 2 is 1.48 bits per heavy atom. The lowest BCUT2D eigenvalue weighted by atomic mass is 10.1. The van der Waals surface area contributed by atoms with Crippen LogP contribution in [-0.2, 0) is 0 Å². The summed E-state index contributed by atoms with van der Waals surface area (Å²) >= 11 is 0. The number of amides is 2. The fraction of sp³-hybridized carbons (Fsp3) is 0.125. The van der Waals surface area contributed by atoms with Crippen molar-refractivity contribution in [2.45, 2.75) is 0 Å². The minimum Gasteiger partial charge on any atom is -0.490 e. The monoisotopic (exact) mass is 282 g/mol. The SMILES string of the molecule is Nc1ccccc1OCCN1C(=O)c2ccccc2C1=O. The van der Waals surface area contributed by atoms with Crippen LogP contribution in [0.1, 0.15) is 20.7 Å². The average molecular weight is 282 g/mol. The van der Waals surface area contributed by atoms with E-state index in [9.17, 15) is 9.59 Å². The third kappa shape index (κ3) is 2.33. The van der Waals surface area contributed by atoms with Gasteiger partial charge in [0.15, 0.2) is 0 Å². The Kier molecular flexibility index (Phi) is 3.31. The molecule has 2 N–H and O–H groups in total. The largest absolute Gasteiger partial charge is 0.490 e. The van der Waals surface area contributed by atoms with E-state index in [0.717, 1.165) is 0 Å². The van der Waals surface area contributed by atoms with Crippen molar-refractivity contribution in [2.24, 2.45) is 0 Å². The summed E-state index contributed by atoms with van der Waals surface area (Å²) in [5, 5.41) is 0. The number of nitrogen functional groups attached to an aromatic ring is 1. The number of hydrogen-bond donors (Lipinski definition) is 1. The van der Waals surface area contributed by atoms with Gasteiger partial charge in [-0.15, -0.1) is 0 Å². The highest BCUT2D eigenvalue weighted by Crippen LogP contribution is 2.23. The van der Waals surface area contributed by atoms with Crippen LogP contribution in [-0.4, -0.2) is 29.9 Å². The number of carbonyl (C=O) groups is 2. The molecular formula is C16H14N2O3. The Morgan fingerprint density at radius 1 is 0.905 bits per heavy atom. The van der Waals surface area contributed by atoms with E-state index in [-0.39, 0.29) is 25.0 Å². The first-order chi connectivity index (χ1) is 10.2. The second-order valence-electron chi connectivity index (χ2n) is 4.69. The molecule has 1 aliphatic heterocycles. The van der Waals surface area contributed by atoms with Crippen molar-refractivity contribution >= 4 is 17.5 Å². The predicted molar refractivity (Wildman–Crippen MR) is 78.2 cm³/mol. The first-order valence-electron chi connectivity index (χ1n) is 6.61. The van der Waals surface area contributed by atoms with Crippen LogP contribution in [0.3, 0.4) is 0 Å². The molecule has 0 unspecified atom stereocenters. The van der Waals surface area contributed by atoms with E-state index in [4.69, 9.17) is 10.5 Å². The first-order valence-corrected chi connectivity index (χ1v) is 6.61. The van der Waals surface area contributed by atoms with Crippen molar-refractivity contribution < 1.29 is 14.3 Å². The number of hydrogen-bond acceptors (Lipinski definition) is 4. The fourth-order valence-corrected chi connectivity index (χ4v) is 2.30. The summed E-state index contributed by atoms with van der Waals surface area (Å²) in [7, 11) is 0. The molecule has 21 heavy (non-hydrogen) atoms. The second kappa shape index (κ2) is 5.28. The third-order valence-electron chi connectivity index (χ3n) is 3.37. The second-order valence-corrected chi connectivity index (χ2v) is 4.69. The Labute approximate surface area is 121 Å². The maximum atomic E-state index is 12.1. The first kappa shape index (κ1) is 13.2. The molecule has 0 saturated heterocycles. The standard InChI is InChI=1S/C16H14N2O3/c17-13-7-3-4-8-14(13)21-10-9-18-15(19)11-5-1-2-6-12(11)16(18)20/h1-8H,9-10,17H2. The minimum atomic E-state index is -0.278. The lowest BCUT2D eigenvalue weighted by molar-refractivity contribution is 0.0631.